The summed E-state index contributed by atoms with van der Waals surface area (Å²) in [5, 5.41) is 10.8. The molecule has 26 heavy (non-hydrogen) atoms. The maximum absolute atomic E-state index is 12.9. The number of nitrogens with zero attached hydrogens (tertiary/aromatic N) is 2. The summed E-state index contributed by atoms with van der Waals surface area (Å²) in [7, 11) is 0. The number of piperidine rings is 1. The zero-order valence-corrected chi connectivity index (χ0v) is 14.8. The first-order valence-electron chi connectivity index (χ1n) is 8.74. The lowest BCUT2D eigenvalue weighted by Gasteiger charge is -2.39. The Bertz CT molecular complexity index is 749. The summed E-state index contributed by atoms with van der Waals surface area (Å²) in [6.45, 7) is 2.85. The Morgan fingerprint density at radius 2 is 2.08 bits per heavy atom. The maximum Gasteiger partial charge on any atom is 0.228 e. The number of likely N-dealkylation sites (tertiary alicyclic amines) is 1. The van der Waals surface area contributed by atoms with Crippen LogP contribution in [0.25, 0.3) is 0 Å². The number of β-amino-alcohol motifs (C(OH)–C–C–N with tert-alkyl or cyclic N) is 1. The number of carbonyl (C=O) groups is 1. The Balaban J connectivity index is 1.57. The van der Waals surface area contributed by atoms with Crippen LogP contribution in [0.5, 0.6) is 5.75 Å². The van der Waals surface area contributed by atoms with Crippen LogP contribution in [-0.2, 0) is 11.2 Å². The fourth-order valence-electron chi connectivity index (χ4n) is 3.06. The summed E-state index contributed by atoms with van der Waals surface area (Å²) < 4.78 is 18.5. The summed E-state index contributed by atoms with van der Waals surface area (Å²) in [5.41, 5.74) is 0.659. The maximum atomic E-state index is 12.9. The Labute approximate surface area is 152 Å². The average Bonchev–Trinajstić information content (AvgIpc) is 2.63. The number of benzene rings is 1. The van der Waals surface area contributed by atoms with E-state index >= 15 is 0 Å². The van der Waals surface area contributed by atoms with Crippen molar-refractivity contribution in [2.45, 2.75) is 31.8 Å². The molecule has 1 amide bonds. The third-order valence-electron chi connectivity index (χ3n) is 4.53. The topological polar surface area (TPSA) is 62.7 Å². The van der Waals surface area contributed by atoms with E-state index in [2.05, 4.69) is 4.98 Å². The van der Waals surface area contributed by atoms with Crippen LogP contribution >= 0.6 is 0 Å². The predicted octanol–water partition coefficient (Wildman–Crippen LogP) is 2.50. The van der Waals surface area contributed by atoms with Crippen molar-refractivity contribution in [3.8, 4) is 5.75 Å². The lowest BCUT2D eigenvalue weighted by Crippen LogP contribution is -2.53. The minimum Gasteiger partial charge on any atom is -0.491 e. The van der Waals surface area contributed by atoms with Gasteiger partial charge >= 0.3 is 0 Å². The molecule has 1 atom stereocenters. The van der Waals surface area contributed by atoms with Gasteiger partial charge in [-0.05, 0) is 55.7 Å². The van der Waals surface area contributed by atoms with Crippen molar-refractivity contribution in [2.75, 3.05) is 19.7 Å². The van der Waals surface area contributed by atoms with Crippen molar-refractivity contribution in [1.82, 2.24) is 9.88 Å². The number of aryl methyl sites for hydroxylation is 1. The number of rotatable bonds is 5. The number of ether oxygens (including phenoxy) is 1. The fraction of sp³-hybridized carbons (Fsp3) is 0.400. The zero-order chi connectivity index (χ0) is 18.6. The Morgan fingerprint density at radius 3 is 2.77 bits per heavy atom. The van der Waals surface area contributed by atoms with Crippen molar-refractivity contribution in [3.63, 3.8) is 0 Å². The summed E-state index contributed by atoms with van der Waals surface area (Å²) in [4.78, 5) is 18.5. The van der Waals surface area contributed by atoms with E-state index in [1.165, 1.54) is 24.3 Å². The van der Waals surface area contributed by atoms with E-state index in [0.29, 0.717) is 25.1 Å². The van der Waals surface area contributed by atoms with Crippen LogP contribution in [0.4, 0.5) is 4.39 Å². The standard InChI is InChI=1S/C20H23FN2O3/c1-15-3-6-17(22-12-15)11-19(24)23-10-2-9-20(25,13-23)14-26-18-7-4-16(21)5-8-18/h3-8,12,25H,2,9-11,13-14H2,1H3. The van der Waals surface area contributed by atoms with Gasteiger partial charge < -0.3 is 14.7 Å². The van der Waals surface area contributed by atoms with Crippen LogP contribution in [0.2, 0.25) is 0 Å². The van der Waals surface area contributed by atoms with E-state index in [1.807, 2.05) is 19.1 Å². The first-order chi connectivity index (χ1) is 12.4. The average molecular weight is 358 g/mol. The number of hydrogen-bond acceptors (Lipinski definition) is 4. The highest BCUT2D eigenvalue weighted by molar-refractivity contribution is 5.78. The molecule has 3 rings (SSSR count). The van der Waals surface area contributed by atoms with Crippen LogP contribution in [0.3, 0.4) is 0 Å². The molecular weight excluding hydrogens is 335 g/mol. The monoisotopic (exact) mass is 358 g/mol. The molecular formula is C20H23FN2O3. The second-order valence-corrected chi connectivity index (χ2v) is 6.89. The highest BCUT2D eigenvalue weighted by Crippen LogP contribution is 2.23. The number of amides is 1. The SMILES string of the molecule is Cc1ccc(CC(=O)N2CCCC(O)(COc3ccc(F)cc3)C2)nc1. The summed E-state index contributed by atoms with van der Waals surface area (Å²) >= 11 is 0. The van der Waals surface area contributed by atoms with Gasteiger partial charge in [0.2, 0.25) is 5.91 Å². The molecule has 1 aromatic carbocycles. The number of pyridine rings is 1. The number of aliphatic hydroxyl groups is 1. The van der Waals surface area contributed by atoms with Gasteiger partial charge in [0.1, 0.15) is 23.8 Å². The van der Waals surface area contributed by atoms with E-state index in [-0.39, 0.29) is 31.3 Å². The molecule has 1 fully saturated rings. The Morgan fingerprint density at radius 1 is 1.31 bits per heavy atom. The molecule has 0 aliphatic carbocycles. The molecule has 0 bridgehead atoms. The molecule has 0 spiro atoms. The zero-order valence-electron chi connectivity index (χ0n) is 14.8. The molecule has 0 saturated carbocycles. The van der Waals surface area contributed by atoms with E-state index in [1.54, 1.807) is 11.1 Å². The van der Waals surface area contributed by atoms with E-state index in [9.17, 15) is 14.3 Å². The molecule has 1 saturated heterocycles. The van der Waals surface area contributed by atoms with Gasteiger partial charge in [0.15, 0.2) is 0 Å². The van der Waals surface area contributed by atoms with Crippen molar-refractivity contribution >= 4 is 5.91 Å². The molecule has 1 unspecified atom stereocenters. The molecule has 2 heterocycles. The Kier molecular flexibility index (Phi) is 5.52. The van der Waals surface area contributed by atoms with Crippen molar-refractivity contribution in [2.24, 2.45) is 0 Å². The highest BCUT2D eigenvalue weighted by atomic mass is 19.1. The van der Waals surface area contributed by atoms with Gasteiger partial charge in [0, 0.05) is 18.4 Å². The molecule has 2 aromatic rings. The van der Waals surface area contributed by atoms with Crippen LogP contribution in [-0.4, -0.2) is 46.2 Å². The van der Waals surface area contributed by atoms with Gasteiger partial charge in [0.05, 0.1) is 13.0 Å². The van der Waals surface area contributed by atoms with Gasteiger partial charge in [-0.3, -0.25) is 9.78 Å². The van der Waals surface area contributed by atoms with Gasteiger partial charge in [-0.2, -0.15) is 0 Å². The molecule has 1 aliphatic rings. The van der Waals surface area contributed by atoms with Crippen molar-refractivity contribution < 1.29 is 19.0 Å². The largest absolute Gasteiger partial charge is 0.491 e. The molecule has 0 radical (unpaired) electrons. The van der Waals surface area contributed by atoms with E-state index in [4.69, 9.17) is 4.74 Å². The molecule has 5 nitrogen and oxygen atoms in total. The third kappa shape index (κ3) is 4.79. The van der Waals surface area contributed by atoms with Crippen LogP contribution in [0.15, 0.2) is 42.6 Å². The highest BCUT2D eigenvalue weighted by Gasteiger charge is 2.36. The van der Waals surface area contributed by atoms with Gasteiger partial charge in [-0.1, -0.05) is 6.07 Å². The summed E-state index contributed by atoms with van der Waals surface area (Å²) in [6.07, 6.45) is 3.22. The van der Waals surface area contributed by atoms with E-state index in [0.717, 1.165) is 11.3 Å². The fourth-order valence-corrected chi connectivity index (χ4v) is 3.06. The number of aromatic nitrogens is 1. The second-order valence-electron chi connectivity index (χ2n) is 6.89. The summed E-state index contributed by atoms with van der Waals surface area (Å²) in [5.74, 6) is 0.101. The van der Waals surface area contributed by atoms with Crippen LogP contribution in [0, 0.1) is 12.7 Å². The van der Waals surface area contributed by atoms with Gasteiger partial charge in [-0.25, -0.2) is 4.39 Å². The smallest absolute Gasteiger partial charge is 0.228 e. The predicted molar refractivity (Wildman–Crippen MR) is 95.3 cm³/mol. The normalized spacial score (nSPS) is 20.0. The van der Waals surface area contributed by atoms with Crippen LogP contribution < -0.4 is 4.74 Å². The van der Waals surface area contributed by atoms with Gasteiger partial charge in [-0.15, -0.1) is 0 Å². The lowest BCUT2D eigenvalue weighted by atomic mass is 9.93. The molecule has 6 heteroatoms. The molecule has 1 aliphatic heterocycles. The lowest BCUT2D eigenvalue weighted by molar-refractivity contribution is -0.139. The Hall–Kier alpha value is -2.47. The first kappa shape index (κ1) is 18.3. The second kappa shape index (κ2) is 7.83. The number of hydrogen-bond donors (Lipinski definition) is 1. The minimum absolute atomic E-state index is 0.0544. The summed E-state index contributed by atoms with van der Waals surface area (Å²) in [6, 6.07) is 9.44. The van der Waals surface area contributed by atoms with Gasteiger partial charge in [0.25, 0.3) is 0 Å². The minimum atomic E-state index is -1.11. The van der Waals surface area contributed by atoms with Crippen molar-refractivity contribution in [1.29, 1.82) is 0 Å². The molecule has 138 valence electrons. The van der Waals surface area contributed by atoms with Crippen molar-refractivity contribution in [3.05, 3.63) is 59.7 Å². The quantitative estimate of drug-likeness (QED) is 0.892. The number of carbonyl (C=O) groups excluding carboxylic acids is 1. The third-order valence-corrected chi connectivity index (χ3v) is 4.53. The molecule has 1 N–H and O–H groups in total. The number of halogens is 1. The first-order valence-corrected chi connectivity index (χ1v) is 8.74. The van der Waals surface area contributed by atoms with E-state index < -0.39 is 5.60 Å². The van der Waals surface area contributed by atoms with Crippen LogP contribution in [0.1, 0.15) is 24.1 Å². The molecule has 1 aromatic heterocycles.